The number of para-hydroxylation sites is 1. The van der Waals surface area contributed by atoms with E-state index in [2.05, 4.69) is 27.0 Å². The van der Waals surface area contributed by atoms with Crippen molar-refractivity contribution >= 4 is 38.9 Å². The van der Waals surface area contributed by atoms with Crippen molar-refractivity contribution in [3.8, 4) is 11.5 Å². The molecule has 0 saturated heterocycles. The van der Waals surface area contributed by atoms with E-state index >= 15 is 0 Å². The number of hydrogen-bond acceptors (Lipinski definition) is 4. The summed E-state index contributed by atoms with van der Waals surface area (Å²) in [5.41, 5.74) is 4.11. The first-order valence-electron chi connectivity index (χ1n) is 9.20. The van der Waals surface area contributed by atoms with Crippen LogP contribution < -0.4 is 14.5 Å². The summed E-state index contributed by atoms with van der Waals surface area (Å²) in [6.07, 6.45) is 0.742. The van der Waals surface area contributed by atoms with Gasteiger partial charge < -0.3 is 9.47 Å². The van der Waals surface area contributed by atoms with Crippen LogP contribution in [0.3, 0.4) is 0 Å². The number of rotatable bonds is 5. The number of ether oxygens (including phenoxy) is 2. The van der Waals surface area contributed by atoms with E-state index < -0.39 is 0 Å². The molecule has 1 aliphatic heterocycles. The van der Waals surface area contributed by atoms with E-state index in [-0.39, 0.29) is 6.04 Å². The quantitative estimate of drug-likeness (QED) is 0.427. The minimum absolute atomic E-state index is 0.0137. The van der Waals surface area contributed by atoms with E-state index in [1.165, 1.54) is 0 Å². The van der Waals surface area contributed by atoms with Gasteiger partial charge in [-0.25, -0.2) is 0 Å². The second kappa shape index (κ2) is 8.47. The lowest BCUT2D eigenvalue weighted by Gasteiger charge is -2.26. The maximum atomic E-state index is 6.07. The van der Waals surface area contributed by atoms with Gasteiger partial charge in [0.05, 0.1) is 31.7 Å². The van der Waals surface area contributed by atoms with Gasteiger partial charge in [-0.3, -0.25) is 5.01 Å². The van der Waals surface area contributed by atoms with Crippen molar-refractivity contribution in [2.24, 2.45) is 5.10 Å². The van der Waals surface area contributed by atoms with Crippen molar-refractivity contribution in [2.75, 3.05) is 19.2 Å². The molecule has 29 heavy (non-hydrogen) atoms. The summed E-state index contributed by atoms with van der Waals surface area (Å²) in [5, 5.41) is 7.75. The number of hydrazone groups is 1. The zero-order valence-corrected chi connectivity index (χ0v) is 18.4. The van der Waals surface area contributed by atoms with E-state index in [0.29, 0.717) is 5.02 Å². The molecule has 0 fully saturated rings. The molecule has 0 spiro atoms. The molecule has 0 amide bonds. The molecule has 0 bridgehead atoms. The van der Waals surface area contributed by atoms with Crippen LogP contribution in [0.1, 0.15) is 23.6 Å². The third-order valence-corrected chi connectivity index (χ3v) is 5.91. The average molecular weight is 472 g/mol. The zero-order valence-electron chi connectivity index (χ0n) is 16.1. The molecule has 1 unspecified atom stereocenters. The maximum Gasteiger partial charge on any atom is 0.127 e. The van der Waals surface area contributed by atoms with Crippen LogP contribution in [0.25, 0.3) is 0 Å². The summed E-state index contributed by atoms with van der Waals surface area (Å²) in [7, 11) is 3.33. The highest BCUT2D eigenvalue weighted by Crippen LogP contribution is 2.43. The first-order valence-corrected chi connectivity index (χ1v) is 10.4. The molecule has 4 nitrogen and oxygen atoms in total. The fourth-order valence-corrected chi connectivity index (χ4v) is 4.12. The van der Waals surface area contributed by atoms with Gasteiger partial charge in [0.25, 0.3) is 0 Å². The fourth-order valence-electron chi connectivity index (χ4n) is 3.52. The summed E-state index contributed by atoms with van der Waals surface area (Å²) >= 11 is 9.74. The van der Waals surface area contributed by atoms with E-state index in [1.807, 2.05) is 60.7 Å². The number of nitrogens with zero attached hydrogens (tertiary/aromatic N) is 2. The van der Waals surface area contributed by atoms with Crippen molar-refractivity contribution in [1.29, 1.82) is 0 Å². The highest BCUT2D eigenvalue weighted by atomic mass is 79.9. The van der Waals surface area contributed by atoms with Gasteiger partial charge in [0.15, 0.2) is 0 Å². The van der Waals surface area contributed by atoms with Crippen LogP contribution in [-0.2, 0) is 0 Å². The van der Waals surface area contributed by atoms with Crippen LogP contribution in [0.15, 0.2) is 76.3 Å². The van der Waals surface area contributed by atoms with Gasteiger partial charge in [0.1, 0.15) is 11.5 Å². The van der Waals surface area contributed by atoms with E-state index in [4.69, 9.17) is 26.2 Å². The molecule has 148 valence electrons. The van der Waals surface area contributed by atoms with Gasteiger partial charge in [-0.2, -0.15) is 5.10 Å². The Morgan fingerprint density at radius 3 is 2.45 bits per heavy atom. The Hall–Kier alpha value is -2.50. The number of halogens is 2. The Balaban J connectivity index is 1.80. The van der Waals surface area contributed by atoms with Gasteiger partial charge >= 0.3 is 0 Å². The summed E-state index contributed by atoms with van der Waals surface area (Å²) in [6, 6.07) is 21.8. The molecule has 1 atom stereocenters. The molecule has 1 aliphatic rings. The molecule has 0 N–H and O–H groups in total. The lowest BCUT2D eigenvalue weighted by molar-refractivity contribution is 0.388. The Labute approximate surface area is 183 Å². The second-order valence-corrected chi connectivity index (χ2v) is 7.97. The highest BCUT2D eigenvalue weighted by molar-refractivity contribution is 9.10. The van der Waals surface area contributed by atoms with Crippen molar-refractivity contribution in [3.63, 3.8) is 0 Å². The molecule has 0 saturated carbocycles. The predicted octanol–water partition coefficient (Wildman–Crippen LogP) is 6.48. The molecule has 4 rings (SSSR count). The van der Waals surface area contributed by atoms with Crippen molar-refractivity contribution in [1.82, 2.24) is 0 Å². The molecule has 0 aromatic heterocycles. The smallest absolute Gasteiger partial charge is 0.127 e. The Morgan fingerprint density at radius 1 is 1.00 bits per heavy atom. The van der Waals surface area contributed by atoms with E-state index in [9.17, 15) is 0 Å². The lowest BCUT2D eigenvalue weighted by atomic mass is 9.97. The van der Waals surface area contributed by atoms with Gasteiger partial charge in [0.2, 0.25) is 0 Å². The van der Waals surface area contributed by atoms with Crippen LogP contribution in [0.2, 0.25) is 5.02 Å². The topological polar surface area (TPSA) is 34.1 Å². The number of anilines is 1. The van der Waals surface area contributed by atoms with Crippen LogP contribution >= 0.6 is 27.5 Å². The van der Waals surface area contributed by atoms with Crippen molar-refractivity contribution < 1.29 is 9.47 Å². The van der Waals surface area contributed by atoms with Gasteiger partial charge in [-0.05, 0) is 57.9 Å². The summed E-state index contributed by atoms with van der Waals surface area (Å²) in [4.78, 5) is 0. The lowest BCUT2D eigenvalue weighted by Crippen LogP contribution is -2.19. The standard InChI is InChI=1S/C23H20BrClN2O2/c1-28-17-11-12-18(23(13-17)29-2)22-14-20(15-7-9-16(25)10-8-15)26-27(22)21-6-4-3-5-19(21)24/h3-13,22H,14H2,1-2H3. The summed E-state index contributed by atoms with van der Waals surface area (Å²) in [5.74, 6) is 1.54. The molecule has 1 heterocycles. The maximum absolute atomic E-state index is 6.07. The molecular formula is C23H20BrClN2O2. The third kappa shape index (κ3) is 3.98. The predicted molar refractivity (Wildman–Crippen MR) is 122 cm³/mol. The van der Waals surface area contributed by atoms with Crippen molar-refractivity contribution in [3.05, 3.63) is 87.4 Å². The Bertz CT molecular complexity index is 1050. The Morgan fingerprint density at radius 2 is 1.76 bits per heavy atom. The Kier molecular flexibility index (Phi) is 5.79. The van der Waals surface area contributed by atoms with Crippen LogP contribution in [0, 0.1) is 0 Å². The monoisotopic (exact) mass is 470 g/mol. The largest absolute Gasteiger partial charge is 0.497 e. The molecule has 3 aromatic carbocycles. The second-order valence-electron chi connectivity index (χ2n) is 6.68. The molecule has 3 aromatic rings. The fraction of sp³-hybridized carbons (Fsp3) is 0.174. The number of methoxy groups -OCH3 is 2. The van der Waals surface area contributed by atoms with Gasteiger partial charge in [0, 0.05) is 27.5 Å². The SMILES string of the molecule is COc1ccc(C2CC(c3ccc(Cl)cc3)=NN2c2ccccc2Br)c(OC)c1. The van der Waals surface area contributed by atoms with E-state index in [1.54, 1.807) is 14.2 Å². The van der Waals surface area contributed by atoms with E-state index in [0.717, 1.165) is 44.9 Å². The summed E-state index contributed by atoms with van der Waals surface area (Å²) in [6.45, 7) is 0. The number of hydrogen-bond donors (Lipinski definition) is 0. The zero-order chi connectivity index (χ0) is 20.4. The molecule has 6 heteroatoms. The molecule has 0 aliphatic carbocycles. The highest BCUT2D eigenvalue weighted by Gasteiger charge is 2.33. The molecular weight excluding hydrogens is 452 g/mol. The van der Waals surface area contributed by atoms with Gasteiger partial charge in [-0.1, -0.05) is 35.9 Å². The van der Waals surface area contributed by atoms with Crippen LogP contribution in [0.4, 0.5) is 5.69 Å². The first kappa shape index (κ1) is 19.8. The van der Waals surface area contributed by atoms with Crippen molar-refractivity contribution in [2.45, 2.75) is 12.5 Å². The first-order chi connectivity index (χ1) is 14.1. The average Bonchev–Trinajstić information content (AvgIpc) is 3.19. The third-order valence-electron chi connectivity index (χ3n) is 4.99. The van der Waals surface area contributed by atoms with Crippen LogP contribution in [0.5, 0.6) is 11.5 Å². The normalized spacial score (nSPS) is 15.9. The number of benzene rings is 3. The minimum Gasteiger partial charge on any atom is -0.497 e. The molecule has 0 radical (unpaired) electrons. The summed E-state index contributed by atoms with van der Waals surface area (Å²) < 4.78 is 12.0. The van der Waals surface area contributed by atoms with Crippen LogP contribution in [-0.4, -0.2) is 19.9 Å². The van der Waals surface area contributed by atoms with Gasteiger partial charge in [-0.15, -0.1) is 0 Å². The minimum atomic E-state index is -0.0137.